The monoisotopic (exact) mass is 434 g/mol. The fourth-order valence-electron chi connectivity index (χ4n) is 2.48. The van der Waals surface area contributed by atoms with E-state index in [0.29, 0.717) is 17.8 Å². The molecule has 0 bridgehead atoms. The number of rotatable bonds is 5. The van der Waals surface area contributed by atoms with Gasteiger partial charge in [-0.15, -0.1) is 0 Å². The second-order valence-corrected chi connectivity index (χ2v) is 5.89. The molecule has 0 aliphatic heterocycles. The Morgan fingerprint density at radius 2 is 1.07 bits per heavy atom. The fourth-order valence-corrected chi connectivity index (χ4v) is 2.48. The smallest absolute Gasteiger partial charge is 0.313 e. The Balaban J connectivity index is 0.000000678. The van der Waals surface area contributed by atoms with Crippen LogP contribution in [-0.4, -0.2) is 39.2 Å². The van der Waals surface area contributed by atoms with Crippen LogP contribution >= 0.6 is 0 Å². The number of carbonyl (C=O) groups is 3. The van der Waals surface area contributed by atoms with Gasteiger partial charge < -0.3 is 14.2 Å². The maximum Gasteiger partial charge on any atom is 0.313 e. The molecule has 1 fully saturated rings. The summed E-state index contributed by atoms with van der Waals surface area (Å²) < 4.78 is 13.7. The summed E-state index contributed by atoms with van der Waals surface area (Å²) in [6.45, 7) is 0. The first-order chi connectivity index (χ1) is 13.0. The molecule has 0 aromatic heterocycles. The van der Waals surface area contributed by atoms with Crippen molar-refractivity contribution in [3.63, 3.8) is 0 Å². The molecule has 0 atom stereocenters. The number of ether oxygens (including phenoxy) is 3. The third kappa shape index (κ3) is 10.1. The van der Waals surface area contributed by atoms with E-state index in [1.54, 1.807) is 0 Å². The molecule has 0 aromatic rings. The third-order valence-corrected chi connectivity index (χ3v) is 3.95. The van der Waals surface area contributed by atoms with Gasteiger partial charge in [0.05, 0.1) is 40.1 Å². The van der Waals surface area contributed by atoms with E-state index in [9.17, 15) is 14.4 Å². The van der Waals surface area contributed by atoms with Gasteiger partial charge in [0, 0.05) is 16.8 Å². The van der Waals surface area contributed by atoms with Crippen LogP contribution in [-0.2, 0) is 45.4 Å². The van der Waals surface area contributed by atoms with E-state index in [-0.39, 0.29) is 29.6 Å². The number of hydrogen-bond acceptors (Lipinski definition) is 6. The van der Waals surface area contributed by atoms with Gasteiger partial charge in [0.15, 0.2) is 0 Å². The molecule has 2 rings (SSSR count). The normalized spacial score (nSPS) is 19.7. The summed E-state index contributed by atoms with van der Waals surface area (Å²) in [6, 6.07) is 0. The van der Waals surface area contributed by atoms with Crippen LogP contribution in [0.5, 0.6) is 0 Å². The van der Waals surface area contributed by atoms with Gasteiger partial charge in [-0.25, -0.2) is 0 Å². The Labute approximate surface area is 178 Å². The Hall–Kier alpha value is -1.60. The van der Waals surface area contributed by atoms with Crippen LogP contribution < -0.4 is 0 Å². The molecule has 1 saturated carbocycles. The third-order valence-electron chi connectivity index (χ3n) is 3.95. The standard InChI is InChI=1S/C13H15O6.C8H12.Co/c1-17-11(14)6-8-4-10(13(16)19-3)5-9(8)7-12(15)18-2;1-2-4-6-8-7-5-3-1;/h4-5H,6-7H2,1-3H3;1-2,7-8H,3-6H2;/b;2-1-,8-7-;. The average molecular weight is 434 g/mol. The van der Waals surface area contributed by atoms with Crippen molar-refractivity contribution in [3.8, 4) is 0 Å². The van der Waals surface area contributed by atoms with Crippen LogP contribution in [0, 0.1) is 30.6 Å². The van der Waals surface area contributed by atoms with Crippen LogP contribution in [0.1, 0.15) is 38.5 Å². The number of methoxy groups -OCH3 is 3. The summed E-state index contributed by atoms with van der Waals surface area (Å²) in [5.41, 5.74) is 0. The van der Waals surface area contributed by atoms with Gasteiger partial charge in [-0.1, -0.05) is 24.3 Å². The van der Waals surface area contributed by atoms with E-state index in [4.69, 9.17) is 0 Å². The second kappa shape index (κ2) is 15.3. The van der Waals surface area contributed by atoms with E-state index >= 15 is 0 Å². The van der Waals surface area contributed by atoms with Gasteiger partial charge >= 0.3 is 17.9 Å². The molecule has 2 aliphatic carbocycles. The Morgan fingerprint density at radius 3 is 1.36 bits per heavy atom. The van der Waals surface area contributed by atoms with E-state index in [1.807, 2.05) is 0 Å². The predicted molar refractivity (Wildman–Crippen MR) is 100 cm³/mol. The van der Waals surface area contributed by atoms with Crippen molar-refractivity contribution < 1.29 is 45.4 Å². The molecule has 0 spiro atoms. The summed E-state index contributed by atoms with van der Waals surface area (Å²) in [5, 5.41) is 0. The molecule has 6 nitrogen and oxygen atoms in total. The van der Waals surface area contributed by atoms with Crippen molar-refractivity contribution in [1.82, 2.24) is 0 Å². The van der Waals surface area contributed by atoms with Crippen molar-refractivity contribution in [2.24, 2.45) is 0 Å². The van der Waals surface area contributed by atoms with Gasteiger partial charge in [-0.2, -0.15) is 0 Å². The average Bonchev–Trinajstić information content (AvgIpc) is 3.03. The van der Waals surface area contributed by atoms with Crippen molar-refractivity contribution in [2.75, 3.05) is 21.3 Å². The van der Waals surface area contributed by atoms with Crippen LogP contribution in [0.2, 0.25) is 0 Å². The van der Waals surface area contributed by atoms with Gasteiger partial charge in [0.25, 0.3) is 0 Å². The molecule has 0 heterocycles. The van der Waals surface area contributed by atoms with Crippen molar-refractivity contribution in [2.45, 2.75) is 38.5 Å². The van der Waals surface area contributed by atoms with Gasteiger partial charge in [0.2, 0.25) is 0 Å². The summed E-state index contributed by atoms with van der Waals surface area (Å²) in [6.07, 6.45) is 17.0. The molecular formula is C21H27CoO6. The zero-order valence-electron chi connectivity index (χ0n) is 16.5. The molecule has 2 aliphatic rings. The summed E-state index contributed by atoms with van der Waals surface area (Å²) >= 11 is 0. The van der Waals surface area contributed by atoms with E-state index in [0.717, 1.165) is 0 Å². The minimum Gasteiger partial charge on any atom is -0.469 e. The molecule has 0 aromatic carbocycles. The molecule has 156 valence electrons. The first-order valence-corrected chi connectivity index (χ1v) is 8.82. The number of carbonyl (C=O) groups excluding carboxylic acids is 3. The quantitative estimate of drug-likeness (QED) is 0.376. The zero-order valence-corrected chi connectivity index (χ0v) is 17.5. The Kier molecular flexibility index (Phi) is 14.5. The number of esters is 3. The first kappa shape index (κ1) is 26.4. The SMILES string of the molecule is C1=C\CC/C=C\CC/1.COC(=O)C[C]1[CH][C](C(=O)OC)[CH][C]1CC(=O)OC.[Co]. The summed E-state index contributed by atoms with van der Waals surface area (Å²) in [5.74, 6) is -0.0286. The maximum absolute atomic E-state index is 11.4. The molecule has 0 amide bonds. The van der Waals surface area contributed by atoms with Gasteiger partial charge in [0.1, 0.15) is 0 Å². The number of hydrogen-bond donors (Lipinski definition) is 0. The molecule has 0 saturated heterocycles. The van der Waals surface area contributed by atoms with Crippen LogP contribution in [0.4, 0.5) is 0 Å². The minimum atomic E-state index is -0.526. The first-order valence-electron chi connectivity index (χ1n) is 8.82. The van der Waals surface area contributed by atoms with Crippen LogP contribution in [0.25, 0.3) is 0 Å². The Bertz CT molecular complexity index is 491. The van der Waals surface area contributed by atoms with Crippen molar-refractivity contribution >= 4 is 17.9 Å². The summed E-state index contributed by atoms with van der Waals surface area (Å²) in [7, 11) is 3.80. The summed E-state index contributed by atoms with van der Waals surface area (Å²) in [4.78, 5) is 34.0. The van der Waals surface area contributed by atoms with Gasteiger partial charge in [-0.05, 0) is 50.4 Å². The van der Waals surface area contributed by atoms with E-state index in [1.165, 1.54) is 59.9 Å². The van der Waals surface area contributed by atoms with Crippen LogP contribution in [0.15, 0.2) is 24.3 Å². The zero-order chi connectivity index (χ0) is 20.1. The predicted octanol–water partition coefficient (Wildman–Crippen LogP) is 3.10. The Morgan fingerprint density at radius 1 is 0.714 bits per heavy atom. The molecule has 7 heteroatoms. The molecular weight excluding hydrogens is 407 g/mol. The van der Waals surface area contributed by atoms with Gasteiger partial charge in [-0.3, -0.25) is 14.4 Å². The number of allylic oxidation sites excluding steroid dienone is 4. The largest absolute Gasteiger partial charge is 0.469 e. The molecule has 0 unspecified atom stereocenters. The van der Waals surface area contributed by atoms with Crippen LogP contribution in [0.3, 0.4) is 0 Å². The van der Waals surface area contributed by atoms with Crippen molar-refractivity contribution in [3.05, 3.63) is 54.9 Å². The van der Waals surface area contributed by atoms with Crippen molar-refractivity contribution in [1.29, 1.82) is 0 Å². The topological polar surface area (TPSA) is 78.9 Å². The maximum atomic E-state index is 11.4. The molecule has 0 N–H and O–H groups in total. The van der Waals surface area contributed by atoms with E-state index < -0.39 is 17.9 Å². The molecule has 28 heavy (non-hydrogen) atoms. The second-order valence-electron chi connectivity index (χ2n) is 5.89. The van der Waals surface area contributed by atoms with E-state index in [2.05, 4.69) is 38.5 Å². The fraction of sp³-hybridized carbons (Fsp3) is 0.429. The minimum absolute atomic E-state index is 0. The molecule has 6 radical (unpaired) electrons.